The highest BCUT2D eigenvalue weighted by atomic mass is 32.2. The summed E-state index contributed by atoms with van der Waals surface area (Å²) in [7, 11) is 1.85. The first-order valence-electron chi connectivity index (χ1n) is 8.03. The van der Waals surface area contributed by atoms with Crippen molar-refractivity contribution in [1.29, 1.82) is 0 Å². The first-order valence-corrected chi connectivity index (χ1v) is 9.90. The highest BCUT2D eigenvalue weighted by Crippen LogP contribution is 2.23. The second-order valence-corrected chi connectivity index (χ2v) is 7.91. The van der Waals surface area contributed by atoms with Gasteiger partial charge in [0.15, 0.2) is 0 Å². The Balaban J connectivity index is 1.59. The van der Waals surface area contributed by atoms with Gasteiger partial charge in [-0.25, -0.2) is 0 Å². The van der Waals surface area contributed by atoms with Crippen molar-refractivity contribution < 1.29 is 4.79 Å². The maximum atomic E-state index is 12.6. The summed E-state index contributed by atoms with van der Waals surface area (Å²) in [5.41, 5.74) is 3.16. The molecule has 0 saturated carbocycles. The van der Waals surface area contributed by atoms with Gasteiger partial charge in [-0.1, -0.05) is 6.07 Å². The molecular weight excluding hydrogens is 348 g/mol. The largest absolute Gasteiger partial charge is 0.337 e. The summed E-state index contributed by atoms with van der Waals surface area (Å²) < 4.78 is 0. The van der Waals surface area contributed by atoms with Gasteiger partial charge in [-0.3, -0.25) is 9.78 Å². The third kappa shape index (κ3) is 4.71. The second kappa shape index (κ2) is 8.32. The molecule has 25 heavy (non-hydrogen) atoms. The van der Waals surface area contributed by atoms with Crippen molar-refractivity contribution in [1.82, 2.24) is 9.88 Å². The van der Waals surface area contributed by atoms with Gasteiger partial charge in [-0.05, 0) is 59.8 Å². The Labute approximate surface area is 156 Å². The number of amides is 1. The van der Waals surface area contributed by atoms with Crippen molar-refractivity contribution in [2.75, 3.05) is 7.05 Å². The molecule has 0 unspecified atom stereocenters. The number of thioether (sulfide) groups is 1. The zero-order valence-electron chi connectivity index (χ0n) is 14.3. The lowest BCUT2D eigenvalue weighted by molar-refractivity contribution is 0.0786. The lowest BCUT2D eigenvalue weighted by Crippen LogP contribution is -2.26. The van der Waals surface area contributed by atoms with Crippen LogP contribution in [0.5, 0.6) is 0 Å². The van der Waals surface area contributed by atoms with Gasteiger partial charge in [-0.15, -0.1) is 23.1 Å². The number of carbonyl (C=O) groups is 1. The van der Waals surface area contributed by atoms with Crippen LogP contribution in [0.2, 0.25) is 0 Å². The number of rotatable bonds is 6. The van der Waals surface area contributed by atoms with Crippen LogP contribution in [0.3, 0.4) is 0 Å². The van der Waals surface area contributed by atoms with Crippen molar-refractivity contribution in [2.24, 2.45) is 0 Å². The van der Waals surface area contributed by atoms with Crippen LogP contribution in [-0.2, 0) is 12.3 Å². The first-order chi connectivity index (χ1) is 12.1. The maximum Gasteiger partial charge on any atom is 0.253 e. The molecule has 2 heterocycles. The van der Waals surface area contributed by atoms with E-state index in [4.69, 9.17) is 0 Å². The minimum Gasteiger partial charge on any atom is -0.337 e. The Morgan fingerprint density at radius 1 is 1.20 bits per heavy atom. The van der Waals surface area contributed by atoms with Crippen LogP contribution in [0.1, 0.15) is 26.4 Å². The molecule has 3 nitrogen and oxygen atoms in total. The standard InChI is InChI=1S/C20H20N2OS2/c1-15-9-11-24-19(15)13-22(2)20(23)17-5-7-18(8-6-17)25-14-16-4-3-10-21-12-16/h3-12H,13-14H2,1-2H3. The molecule has 5 heteroatoms. The zero-order chi connectivity index (χ0) is 17.6. The fourth-order valence-electron chi connectivity index (χ4n) is 2.42. The van der Waals surface area contributed by atoms with Gasteiger partial charge in [0.1, 0.15) is 0 Å². The second-order valence-electron chi connectivity index (χ2n) is 5.86. The lowest BCUT2D eigenvalue weighted by Gasteiger charge is -2.17. The first kappa shape index (κ1) is 17.7. The molecular formula is C20H20N2OS2. The molecule has 3 aromatic rings. The van der Waals surface area contributed by atoms with Crippen molar-refractivity contribution in [3.8, 4) is 0 Å². The van der Waals surface area contributed by atoms with E-state index in [0.717, 1.165) is 16.2 Å². The molecule has 1 amide bonds. The van der Waals surface area contributed by atoms with E-state index in [1.165, 1.54) is 16.0 Å². The van der Waals surface area contributed by atoms with Crippen molar-refractivity contribution in [3.05, 3.63) is 81.8 Å². The molecule has 0 atom stereocenters. The average Bonchev–Trinajstić information content (AvgIpc) is 3.05. The predicted molar refractivity (Wildman–Crippen MR) is 105 cm³/mol. The Bertz CT molecular complexity index is 828. The third-order valence-electron chi connectivity index (χ3n) is 3.93. The quantitative estimate of drug-likeness (QED) is 0.573. The smallest absolute Gasteiger partial charge is 0.253 e. The minimum atomic E-state index is 0.0524. The molecule has 1 aromatic carbocycles. The zero-order valence-corrected chi connectivity index (χ0v) is 15.9. The van der Waals surface area contributed by atoms with E-state index in [-0.39, 0.29) is 5.91 Å². The Hall–Kier alpha value is -2.11. The third-order valence-corrected chi connectivity index (χ3v) is 6.02. The minimum absolute atomic E-state index is 0.0524. The monoisotopic (exact) mass is 368 g/mol. The van der Waals surface area contributed by atoms with Gasteiger partial charge in [0.05, 0.1) is 6.54 Å². The Kier molecular flexibility index (Phi) is 5.89. The normalized spacial score (nSPS) is 10.6. The molecule has 0 bridgehead atoms. The van der Waals surface area contributed by atoms with E-state index in [9.17, 15) is 4.79 Å². The Morgan fingerprint density at radius 2 is 2.00 bits per heavy atom. The van der Waals surface area contributed by atoms with Gasteiger partial charge in [0.2, 0.25) is 0 Å². The predicted octanol–water partition coefficient (Wildman–Crippen LogP) is 5.02. The number of thiophene rings is 1. The molecule has 0 N–H and O–H groups in total. The van der Waals surface area contributed by atoms with Gasteiger partial charge >= 0.3 is 0 Å². The van der Waals surface area contributed by atoms with Crippen LogP contribution in [0, 0.1) is 6.92 Å². The lowest BCUT2D eigenvalue weighted by atomic mass is 10.2. The number of hydrogen-bond donors (Lipinski definition) is 0. The van der Waals surface area contributed by atoms with E-state index in [2.05, 4.69) is 29.4 Å². The number of benzene rings is 1. The van der Waals surface area contributed by atoms with E-state index in [1.807, 2.05) is 43.6 Å². The summed E-state index contributed by atoms with van der Waals surface area (Å²) in [6.45, 7) is 2.73. The fourth-order valence-corrected chi connectivity index (χ4v) is 4.21. The number of nitrogens with zero attached hydrogens (tertiary/aromatic N) is 2. The molecule has 0 fully saturated rings. The van der Waals surface area contributed by atoms with E-state index in [0.29, 0.717) is 6.54 Å². The van der Waals surface area contributed by atoms with Gasteiger partial charge in [0, 0.05) is 40.5 Å². The molecule has 128 valence electrons. The molecule has 0 spiro atoms. The molecule has 3 rings (SSSR count). The van der Waals surface area contributed by atoms with Crippen LogP contribution in [-0.4, -0.2) is 22.8 Å². The van der Waals surface area contributed by atoms with Crippen LogP contribution in [0.25, 0.3) is 0 Å². The fraction of sp³-hybridized carbons (Fsp3) is 0.200. The summed E-state index contributed by atoms with van der Waals surface area (Å²) in [4.78, 5) is 20.9. The molecule has 0 radical (unpaired) electrons. The molecule has 0 aliphatic rings. The van der Waals surface area contributed by atoms with Crippen LogP contribution in [0.15, 0.2) is 65.1 Å². The summed E-state index contributed by atoms with van der Waals surface area (Å²) in [6, 6.07) is 13.9. The number of aryl methyl sites for hydroxylation is 1. The van der Waals surface area contributed by atoms with E-state index < -0.39 is 0 Å². The van der Waals surface area contributed by atoms with Crippen molar-refractivity contribution >= 4 is 29.0 Å². The number of hydrogen-bond acceptors (Lipinski definition) is 4. The van der Waals surface area contributed by atoms with Gasteiger partial charge < -0.3 is 4.90 Å². The van der Waals surface area contributed by atoms with Crippen LogP contribution in [0.4, 0.5) is 0 Å². The summed E-state index contributed by atoms with van der Waals surface area (Å²) in [5.74, 6) is 0.926. The topological polar surface area (TPSA) is 33.2 Å². The van der Waals surface area contributed by atoms with E-state index >= 15 is 0 Å². The average molecular weight is 369 g/mol. The van der Waals surface area contributed by atoms with Crippen LogP contribution >= 0.6 is 23.1 Å². The van der Waals surface area contributed by atoms with Crippen LogP contribution < -0.4 is 0 Å². The number of pyridine rings is 1. The molecule has 2 aromatic heterocycles. The SMILES string of the molecule is Cc1ccsc1CN(C)C(=O)c1ccc(SCc2cccnc2)cc1. The molecule has 0 aliphatic heterocycles. The summed E-state index contributed by atoms with van der Waals surface area (Å²) in [5, 5.41) is 2.07. The highest BCUT2D eigenvalue weighted by Gasteiger charge is 2.13. The highest BCUT2D eigenvalue weighted by molar-refractivity contribution is 7.98. The van der Waals surface area contributed by atoms with Gasteiger partial charge in [-0.2, -0.15) is 0 Å². The number of carbonyl (C=O) groups excluding carboxylic acids is 1. The maximum absolute atomic E-state index is 12.6. The molecule has 0 saturated heterocycles. The Morgan fingerprint density at radius 3 is 2.64 bits per heavy atom. The van der Waals surface area contributed by atoms with Crippen molar-refractivity contribution in [2.45, 2.75) is 24.1 Å². The van der Waals surface area contributed by atoms with Crippen molar-refractivity contribution in [3.63, 3.8) is 0 Å². The van der Waals surface area contributed by atoms with E-state index in [1.54, 1.807) is 34.2 Å². The summed E-state index contributed by atoms with van der Waals surface area (Å²) >= 11 is 3.44. The van der Waals surface area contributed by atoms with Gasteiger partial charge in [0.25, 0.3) is 5.91 Å². The summed E-state index contributed by atoms with van der Waals surface area (Å²) in [6.07, 6.45) is 3.66. The number of aromatic nitrogens is 1. The molecule has 0 aliphatic carbocycles.